The summed E-state index contributed by atoms with van der Waals surface area (Å²) in [6.45, 7) is 10.6. The molecular weight excluding hydrogens is 134 g/mol. The normalized spacial score (nSPS) is 34.6. The Morgan fingerprint density at radius 2 is 1.91 bits per heavy atom. The third-order valence-corrected chi connectivity index (χ3v) is 3.09. The standard InChI is InChI=1S/C10H21N/c1-8(2)11-7-5-6-9(3)10(11)4/h8-10H,5-7H2,1-4H3/t9-,10-/m0/s1. The smallest absolute Gasteiger partial charge is 0.00952 e. The number of piperidine rings is 1. The van der Waals surface area contributed by atoms with Crippen LogP contribution in [-0.2, 0) is 0 Å². The molecule has 0 saturated carbocycles. The summed E-state index contributed by atoms with van der Waals surface area (Å²) >= 11 is 0. The zero-order valence-electron chi connectivity index (χ0n) is 8.30. The van der Waals surface area contributed by atoms with E-state index in [0.717, 1.165) is 18.0 Å². The van der Waals surface area contributed by atoms with Crippen molar-refractivity contribution in [1.29, 1.82) is 0 Å². The second-order valence-corrected chi connectivity index (χ2v) is 4.19. The van der Waals surface area contributed by atoms with Crippen molar-refractivity contribution < 1.29 is 0 Å². The molecule has 1 aliphatic rings. The first kappa shape index (κ1) is 9.05. The van der Waals surface area contributed by atoms with Crippen LogP contribution in [0.15, 0.2) is 0 Å². The molecule has 0 amide bonds. The van der Waals surface area contributed by atoms with Crippen LogP contribution in [0.1, 0.15) is 40.5 Å². The van der Waals surface area contributed by atoms with E-state index in [2.05, 4.69) is 32.6 Å². The van der Waals surface area contributed by atoms with Gasteiger partial charge in [-0.25, -0.2) is 0 Å². The SMILES string of the molecule is CC(C)N1CCC[C@H](C)[C@@H]1C. The molecule has 1 fully saturated rings. The molecule has 1 rings (SSSR count). The van der Waals surface area contributed by atoms with Gasteiger partial charge in [0.05, 0.1) is 0 Å². The summed E-state index contributed by atoms with van der Waals surface area (Å²) in [5.74, 6) is 0.895. The van der Waals surface area contributed by atoms with Crippen molar-refractivity contribution in [3.05, 3.63) is 0 Å². The Labute approximate surface area is 70.8 Å². The van der Waals surface area contributed by atoms with Gasteiger partial charge in [0.15, 0.2) is 0 Å². The zero-order chi connectivity index (χ0) is 8.43. The number of nitrogens with zero attached hydrogens (tertiary/aromatic N) is 1. The van der Waals surface area contributed by atoms with E-state index in [0.29, 0.717) is 0 Å². The first-order chi connectivity index (χ1) is 5.13. The van der Waals surface area contributed by atoms with Crippen LogP contribution in [0.3, 0.4) is 0 Å². The Morgan fingerprint density at radius 3 is 2.36 bits per heavy atom. The molecule has 0 N–H and O–H groups in total. The van der Waals surface area contributed by atoms with Crippen LogP contribution in [0.25, 0.3) is 0 Å². The maximum atomic E-state index is 2.62. The molecule has 1 heterocycles. The second kappa shape index (κ2) is 3.57. The monoisotopic (exact) mass is 155 g/mol. The molecule has 0 spiro atoms. The molecule has 0 aliphatic carbocycles. The first-order valence-corrected chi connectivity index (χ1v) is 4.88. The predicted octanol–water partition coefficient (Wildman–Crippen LogP) is 2.52. The topological polar surface area (TPSA) is 3.24 Å². The predicted molar refractivity (Wildman–Crippen MR) is 49.7 cm³/mol. The van der Waals surface area contributed by atoms with Crippen LogP contribution >= 0.6 is 0 Å². The average Bonchev–Trinajstić information content (AvgIpc) is 1.94. The van der Waals surface area contributed by atoms with Crippen molar-refractivity contribution in [2.24, 2.45) is 5.92 Å². The van der Waals surface area contributed by atoms with E-state index >= 15 is 0 Å². The van der Waals surface area contributed by atoms with Gasteiger partial charge in [0.2, 0.25) is 0 Å². The first-order valence-electron chi connectivity index (χ1n) is 4.88. The van der Waals surface area contributed by atoms with Gasteiger partial charge in [-0.05, 0) is 46.1 Å². The zero-order valence-corrected chi connectivity index (χ0v) is 8.30. The molecule has 1 nitrogen and oxygen atoms in total. The lowest BCUT2D eigenvalue weighted by atomic mass is 9.91. The maximum Gasteiger partial charge on any atom is 0.00952 e. The molecule has 11 heavy (non-hydrogen) atoms. The Morgan fingerprint density at radius 1 is 1.27 bits per heavy atom. The molecule has 2 atom stereocenters. The summed E-state index contributed by atoms with van der Waals surface area (Å²) < 4.78 is 0. The molecule has 1 heteroatoms. The number of likely N-dealkylation sites (tertiary alicyclic amines) is 1. The molecule has 0 unspecified atom stereocenters. The lowest BCUT2D eigenvalue weighted by Crippen LogP contribution is -2.46. The lowest BCUT2D eigenvalue weighted by molar-refractivity contribution is 0.0830. The van der Waals surface area contributed by atoms with Gasteiger partial charge in [-0.15, -0.1) is 0 Å². The van der Waals surface area contributed by atoms with Crippen molar-refractivity contribution in [2.75, 3.05) is 6.54 Å². The molecule has 66 valence electrons. The van der Waals surface area contributed by atoms with Crippen LogP contribution in [0.4, 0.5) is 0 Å². The van der Waals surface area contributed by atoms with Crippen molar-refractivity contribution >= 4 is 0 Å². The van der Waals surface area contributed by atoms with Gasteiger partial charge < -0.3 is 0 Å². The van der Waals surface area contributed by atoms with Crippen LogP contribution in [0, 0.1) is 5.92 Å². The fourth-order valence-electron chi connectivity index (χ4n) is 2.10. The Kier molecular flexibility index (Phi) is 2.94. The lowest BCUT2D eigenvalue weighted by Gasteiger charge is -2.40. The minimum absolute atomic E-state index is 0.729. The second-order valence-electron chi connectivity index (χ2n) is 4.19. The minimum atomic E-state index is 0.729. The molecule has 0 bridgehead atoms. The van der Waals surface area contributed by atoms with Crippen LogP contribution < -0.4 is 0 Å². The fourth-order valence-corrected chi connectivity index (χ4v) is 2.10. The largest absolute Gasteiger partial charge is 0.298 e. The fraction of sp³-hybridized carbons (Fsp3) is 1.00. The van der Waals surface area contributed by atoms with Gasteiger partial charge in [-0.1, -0.05) is 6.92 Å². The van der Waals surface area contributed by atoms with Gasteiger partial charge in [0.25, 0.3) is 0 Å². The summed E-state index contributed by atoms with van der Waals surface area (Å²) in [5.41, 5.74) is 0. The Hall–Kier alpha value is -0.0400. The van der Waals surface area contributed by atoms with E-state index in [1.807, 2.05) is 0 Å². The molecule has 1 saturated heterocycles. The van der Waals surface area contributed by atoms with E-state index in [1.165, 1.54) is 19.4 Å². The third-order valence-electron chi connectivity index (χ3n) is 3.09. The maximum absolute atomic E-state index is 2.62. The molecule has 0 radical (unpaired) electrons. The molecule has 0 aromatic carbocycles. The number of rotatable bonds is 1. The highest BCUT2D eigenvalue weighted by Crippen LogP contribution is 2.24. The van der Waals surface area contributed by atoms with E-state index in [-0.39, 0.29) is 0 Å². The highest BCUT2D eigenvalue weighted by Gasteiger charge is 2.25. The highest BCUT2D eigenvalue weighted by atomic mass is 15.2. The van der Waals surface area contributed by atoms with Gasteiger partial charge in [-0.2, -0.15) is 0 Å². The van der Waals surface area contributed by atoms with Crippen molar-refractivity contribution in [1.82, 2.24) is 4.90 Å². The summed E-state index contributed by atoms with van der Waals surface area (Å²) in [4.78, 5) is 2.62. The summed E-state index contributed by atoms with van der Waals surface area (Å²) in [7, 11) is 0. The van der Waals surface area contributed by atoms with E-state index in [9.17, 15) is 0 Å². The average molecular weight is 155 g/mol. The quantitative estimate of drug-likeness (QED) is 0.562. The number of hydrogen-bond acceptors (Lipinski definition) is 1. The van der Waals surface area contributed by atoms with Crippen LogP contribution in [0.2, 0.25) is 0 Å². The van der Waals surface area contributed by atoms with Gasteiger partial charge in [0, 0.05) is 12.1 Å². The van der Waals surface area contributed by atoms with E-state index in [1.54, 1.807) is 0 Å². The summed E-state index contributed by atoms with van der Waals surface area (Å²) in [6, 6.07) is 1.52. The van der Waals surface area contributed by atoms with Gasteiger partial charge in [0.1, 0.15) is 0 Å². The Bertz CT molecular complexity index is 120. The summed E-state index contributed by atoms with van der Waals surface area (Å²) in [5, 5.41) is 0. The van der Waals surface area contributed by atoms with Gasteiger partial charge >= 0.3 is 0 Å². The van der Waals surface area contributed by atoms with Crippen LogP contribution in [0.5, 0.6) is 0 Å². The molecule has 1 aliphatic heterocycles. The molecular formula is C10H21N. The summed E-state index contributed by atoms with van der Waals surface area (Å²) in [6.07, 6.45) is 2.81. The minimum Gasteiger partial charge on any atom is -0.298 e. The van der Waals surface area contributed by atoms with Crippen molar-refractivity contribution in [2.45, 2.75) is 52.6 Å². The van der Waals surface area contributed by atoms with E-state index < -0.39 is 0 Å². The van der Waals surface area contributed by atoms with Crippen molar-refractivity contribution in [3.8, 4) is 0 Å². The van der Waals surface area contributed by atoms with Gasteiger partial charge in [-0.3, -0.25) is 4.90 Å². The Balaban J connectivity index is 2.51. The third kappa shape index (κ3) is 1.96. The molecule has 0 aromatic heterocycles. The highest BCUT2D eigenvalue weighted by molar-refractivity contribution is 4.80. The number of hydrogen-bond donors (Lipinski definition) is 0. The van der Waals surface area contributed by atoms with Crippen LogP contribution in [-0.4, -0.2) is 23.5 Å². The van der Waals surface area contributed by atoms with E-state index in [4.69, 9.17) is 0 Å². The van der Waals surface area contributed by atoms with Crippen molar-refractivity contribution in [3.63, 3.8) is 0 Å². The molecule has 0 aromatic rings.